The minimum absolute atomic E-state index is 0.0444. The molecule has 3 N–H and O–H groups in total. The predicted molar refractivity (Wildman–Crippen MR) is 69.7 cm³/mol. The van der Waals surface area contributed by atoms with Crippen LogP contribution in [0.1, 0.15) is 13.8 Å². The van der Waals surface area contributed by atoms with E-state index in [-0.39, 0.29) is 18.3 Å². The Morgan fingerprint density at radius 1 is 1.30 bits per heavy atom. The number of halogens is 3. The third kappa shape index (κ3) is 3.55. The van der Waals surface area contributed by atoms with Gasteiger partial charge in [0.1, 0.15) is 18.1 Å². The number of nitrogen functional groups attached to an aromatic ring is 1. The van der Waals surface area contributed by atoms with Gasteiger partial charge in [-0.1, -0.05) is 13.8 Å². The quantitative estimate of drug-likeness (QED) is 0.859. The second-order valence-corrected chi connectivity index (χ2v) is 4.88. The molecule has 1 aromatic rings. The molecule has 20 heavy (non-hydrogen) atoms. The largest absolute Gasteiger partial charge is 0.405 e. The summed E-state index contributed by atoms with van der Waals surface area (Å²) in [5, 5.41) is 1.96. The summed E-state index contributed by atoms with van der Waals surface area (Å²) in [5.41, 5.74) is 3.71. The second-order valence-electron chi connectivity index (χ2n) is 4.88. The molecule has 6 nitrogen and oxygen atoms in total. The molecular formula is C11H17F3N4O2. The molecule has 114 valence electrons. The number of anilines is 2. The Hall–Kier alpha value is -1.93. The highest BCUT2D eigenvalue weighted by atomic mass is 19.4. The highest BCUT2D eigenvalue weighted by Gasteiger charge is 2.28. The van der Waals surface area contributed by atoms with Crippen LogP contribution in [-0.4, -0.2) is 21.9 Å². The molecule has 0 atom stereocenters. The smallest absolute Gasteiger partial charge is 0.383 e. The Bertz CT molecular complexity index is 601. The van der Waals surface area contributed by atoms with Crippen LogP contribution >= 0.6 is 0 Å². The molecule has 0 aromatic carbocycles. The highest BCUT2D eigenvalue weighted by Crippen LogP contribution is 2.18. The summed E-state index contributed by atoms with van der Waals surface area (Å²) in [5.74, 6) is -0.237. The number of nitrogens with one attached hydrogen (secondary N) is 1. The van der Waals surface area contributed by atoms with Crippen molar-refractivity contribution in [1.29, 1.82) is 0 Å². The lowest BCUT2D eigenvalue weighted by atomic mass is 10.2. The van der Waals surface area contributed by atoms with Crippen molar-refractivity contribution in [1.82, 2.24) is 9.13 Å². The summed E-state index contributed by atoms with van der Waals surface area (Å²) in [4.78, 5) is 23.7. The molecule has 0 saturated heterocycles. The molecule has 0 saturated carbocycles. The first-order chi connectivity index (χ1) is 9.04. The van der Waals surface area contributed by atoms with Crippen molar-refractivity contribution >= 4 is 11.5 Å². The lowest BCUT2D eigenvalue weighted by molar-refractivity contribution is -0.115. The molecule has 9 heteroatoms. The fraction of sp³-hybridized carbons (Fsp3) is 0.636. The van der Waals surface area contributed by atoms with Crippen molar-refractivity contribution in [2.45, 2.75) is 26.6 Å². The minimum atomic E-state index is -4.49. The molecule has 0 aliphatic carbocycles. The average Bonchev–Trinajstić information content (AvgIpc) is 2.30. The fourth-order valence-corrected chi connectivity index (χ4v) is 1.68. The van der Waals surface area contributed by atoms with Gasteiger partial charge in [-0.25, -0.2) is 4.79 Å². The van der Waals surface area contributed by atoms with Gasteiger partial charge < -0.3 is 11.1 Å². The molecule has 0 bridgehead atoms. The van der Waals surface area contributed by atoms with Crippen molar-refractivity contribution in [3.8, 4) is 0 Å². The molecule has 0 amide bonds. The number of nitrogens with two attached hydrogens (primary N) is 1. The Morgan fingerprint density at radius 3 is 2.30 bits per heavy atom. The Labute approximate surface area is 113 Å². The van der Waals surface area contributed by atoms with Gasteiger partial charge in [-0.05, 0) is 5.92 Å². The summed E-state index contributed by atoms with van der Waals surface area (Å²) in [6, 6.07) is 0. The van der Waals surface area contributed by atoms with Crippen LogP contribution in [0.5, 0.6) is 0 Å². The van der Waals surface area contributed by atoms with Gasteiger partial charge in [0, 0.05) is 13.6 Å². The van der Waals surface area contributed by atoms with Crippen LogP contribution in [0.25, 0.3) is 0 Å². The maximum Gasteiger partial charge on any atom is 0.405 e. The van der Waals surface area contributed by atoms with E-state index in [1.54, 1.807) is 0 Å². The van der Waals surface area contributed by atoms with Gasteiger partial charge in [-0.15, -0.1) is 0 Å². The van der Waals surface area contributed by atoms with Crippen LogP contribution in [0, 0.1) is 5.92 Å². The van der Waals surface area contributed by atoms with E-state index in [9.17, 15) is 22.8 Å². The SMILES string of the molecule is CC(C)Cn1c(N)c(NCC(F)(F)F)c(=O)n(C)c1=O. The summed E-state index contributed by atoms with van der Waals surface area (Å²) >= 11 is 0. The van der Waals surface area contributed by atoms with E-state index in [1.165, 1.54) is 7.05 Å². The van der Waals surface area contributed by atoms with E-state index < -0.39 is 29.7 Å². The van der Waals surface area contributed by atoms with Crippen LogP contribution in [0.4, 0.5) is 24.7 Å². The normalized spacial score (nSPS) is 11.9. The lowest BCUT2D eigenvalue weighted by Gasteiger charge is -2.17. The van der Waals surface area contributed by atoms with Crippen molar-refractivity contribution in [3.63, 3.8) is 0 Å². The number of hydrogen-bond acceptors (Lipinski definition) is 4. The molecule has 0 spiro atoms. The molecule has 0 aliphatic rings. The second kappa shape index (κ2) is 5.59. The molecular weight excluding hydrogens is 277 g/mol. The zero-order valence-electron chi connectivity index (χ0n) is 11.4. The van der Waals surface area contributed by atoms with E-state index in [0.29, 0.717) is 0 Å². The zero-order chi connectivity index (χ0) is 15.7. The van der Waals surface area contributed by atoms with Crippen molar-refractivity contribution in [3.05, 3.63) is 20.8 Å². The van der Waals surface area contributed by atoms with Gasteiger partial charge in [0.25, 0.3) is 5.56 Å². The molecule has 0 radical (unpaired) electrons. The highest BCUT2D eigenvalue weighted by molar-refractivity contribution is 5.60. The van der Waals surface area contributed by atoms with E-state index in [1.807, 2.05) is 19.2 Å². The maximum atomic E-state index is 12.2. The molecule has 0 fully saturated rings. The predicted octanol–water partition coefficient (Wildman–Crippen LogP) is 0.759. The molecule has 0 aliphatic heterocycles. The van der Waals surface area contributed by atoms with Crippen molar-refractivity contribution < 1.29 is 13.2 Å². The lowest BCUT2D eigenvalue weighted by Crippen LogP contribution is -2.42. The first-order valence-electron chi connectivity index (χ1n) is 5.94. The van der Waals surface area contributed by atoms with E-state index >= 15 is 0 Å². The maximum absolute atomic E-state index is 12.2. The van der Waals surface area contributed by atoms with Gasteiger partial charge in [-0.3, -0.25) is 13.9 Å². The summed E-state index contributed by atoms with van der Waals surface area (Å²) in [6.45, 7) is 2.45. The van der Waals surface area contributed by atoms with Crippen LogP contribution in [0.15, 0.2) is 9.59 Å². The van der Waals surface area contributed by atoms with Crippen LogP contribution < -0.4 is 22.3 Å². The van der Waals surface area contributed by atoms with Crippen molar-refractivity contribution in [2.75, 3.05) is 17.6 Å². The number of aromatic nitrogens is 2. The number of hydrogen-bond donors (Lipinski definition) is 2. The van der Waals surface area contributed by atoms with Gasteiger partial charge in [0.15, 0.2) is 0 Å². The third-order valence-corrected chi connectivity index (χ3v) is 2.60. The number of rotatable bonds is 4. The van der Waals surface area contributed by atoms with E-state index in [2.05, 4.69) is 0 Å². The minimum Gasteiger partial charge on any atom is -0.383 e. The standard InChI is InChI=1S/C11H17F3N4O2/c1-6(2)4-18-8(15)7(16-5-11(12,13)14)9(19)17(3)10(18)20/h6,16H,4-5,15H2,1-3H3. The van der Waals surface area contributed by atoms with Crippen LogP contribution in [0.2, 0.25) is 0 Å². The molecule has 1 aromatic heterocycles. The molecule has 1 heterocycles. The van der Waals surface area contributed by atoms with Gasteiger partial charge in [-0.2, -0.15) is 13.2 Å². The van der Waals surface area contributed by atoms with Crippen molar-refractivity contribution in [2.24, 2.45) is 13.0 Å². The summed E-state index contributed by atoms with van der Waals surface area (Å²) in [6.07, 6.45) is -4.49. The Balaban J connectivity index is 3.34. The summed E-state index contributed by atoms with van der Waals surface area (Å²) < 4.78 is 38.5. The first kappa shape index (κ1) is 16.1. The van der Waals surface area contributed by atoms with Gasteiger partial charge in [0.2, 0.25) is 0 Å². The van der Waals surface area contributed by atoms with Crippen LogP contribution in [-0.2, 0) is 13.6 Å². The zero-order valence-corrected chi connectivity index (χ0v) is 11.4. The number of nitrogens with zero attached hydrogens (tertiary/aromatic N) is 2. The Kier molecular flexibility index (Phi) is 4.51. The van der Waals surface area contributed by atoms with E-state index in [4.69, 9.17) is 5.73 Å². The van der Waals surface area contributed by atoms with Gasteiger partial charge in [0.05, 0.1) is 0 Å². The molecule has 0 unspecified atom stereocenters. The topological polar surface area (TPSA) is 82.0 Å². The monoisotopic (exact) mass is 294 g/mol. The van der Waals surface area contributed by atoms with E-state index in [0.717, 1.165) is 9.13 Å². The third-order valence-electron chi connectivity index (χ3n) is 2.60. The molecule has 1 rings (SSSR count). The first-order valence-corrected chi connectivity index (χ1v) is 5.94. The average molecular weight is 294 g/mol. The van der Waals surface area contributed by atoms with Crippen LogP contribution in [0.3, 0.4) is 0 Å². The van der Waals surface area contributed by atoms with Gasteiger partial charge >= 0.3 is 11.9 Å². The fourth-order valence-electron chi connectivity index (χ4n) is 1.68. The summed E-state index contributed by atoms with van der Waals surface area (Å²) in [7, 11) is 1.19. The number of alkyl halides is 3. The Morgan fingerprint density at radius 2 is 1.85 bits per heavy atom.